The molecule has 0 saturated carbocycles. The number of thiocarbonyl (C=S) groups is 1. The van der Waals surface area contributed by atoms with Gasteiger partial charge in [0.15, 0.2) is 0 Å². The highest BCUT2D eigenvalue weighted by atomic mass is 79.9. The van der Waals surface area contributed by atoms with Crippen molar-refractivity contribution in [1.29, 1.82) is 0 Å². The van der Waals surface area contributed by atoms with Crippen LogP contribution in [0.2, 0.25) is 0 Å². The lowest BCUT2D eigenvalue weighted by Gasteiger charge is -2.15. The summed E-state index contributed by atoms with van der Waals surface area (Å²) in [6.07, 6.45) is 1.62. The van der Waals surface area contributed by atoms with Crippen molar-refractivity contribution in [2.45, 2.75) is 6.04 Å². The van der Waals surface area contributed by atoms with Crippen LogP contribution in [0.5, 0.6) is 0 Å². The van der Waals surface area contributed by atoms with Crippen LogP contribution in [0.1, 0.15) is 27.5 Å². The molecule has 0 aliphatic rings. The van der Waals surface area contributed by atoms with Crippen LogP contribution < -0.4 is 0 Å². The van der Waals surface area contributed by atoms with Crippen LogP contribution in [0.4, 0.5) is 0 Å². The highest BCUT2D eigenvalue weighted by Gasteiger charge is 2.14. The van der Waals surface area contributed by atoms with Gasteiger partial charge >= 0.3 is 0 Å². The van der Waals surface area contributed by atoms with Gasteiger partial charge in [-0.1, -0.05) is 52.4 Å². The van der Waals surface area contributed by atoms with E-state index in [1.807, 2.05) is 48.5 Å². The molecule has 0 aromatic heterocycles. The highest BCUT2D eigenvalue weighted by molar-refractivity contribution is 9.10. The van der Waals surface area contributed by atoms with Gasteiger partial charge in [0.2, 0.25) is 0 Å². The van der Waals surface area contributed by atoms with Gasteiger partial charge in [-0.2, -0.15) is 0 Å². The maximum absolute atomic E-state index is 12.0. The van der Waals surface area contributed by atoms with Crippen molar-refractivity contribution in [3.63, 3.8) is 0 Å². The fourth-order valence-electron chi connectivity index (χ4n) is 2.23. The van der Waals surface area contributed by atoms with Gasteiger partial charge in [-0.15, -0.1) is 0 Å². The molecule has 23 heavy (non-hydrogen) atoms. The molecule has 0 radical (unpaired) electrons. The Balaban J connectivity index is 2.38. The van der Waals surface area contributed by atoms with Gasteiger partial charge in [0, 0.05) is 35.7 Å². The predicted molar refractivity (Wildman–Crippen MR) is 103 cm³/mol. The van der Waals surface area contributed by atoms with Crippen LogP contribution in [0.3, 0.4) is 0 Å². The van der Waals surface area contributed by atoms with Gasteiger partial charge in [0.25, 0.3) is 5.91 Å². The van der Waals surface area contributed by atoms with Gasteiger partial charge in [0.05, 0.1) is 6.04 Å². The van der Waals surface area contributed by atoms with Gasteiger partial charge < -0.3 is 4.90 Å². The molecule has 0 spiro atoms. The maximum Gasteiger partial charge on any atom is 0.253 e. The lowest BCUT2D eigenvalue weighted by atomic mass is 9.98. The Bertz CT molecular complexity index is 726. The SMILES string of the molecule is CN(C)C(=O)c1ccc(C(N=CC=S)c2cccc(Br)c2)cc1. The Morgan fingerprint density at radius 2 is 1.87 bits per heavy atom. The minimum Gasteiger partial charge on any atom is -0.345 e. The van der Waals surface area contributed by atoms with Crippen LogP contribution in [0, 0.1) is 0 Å². The summed E-state index contributed by atoms with van der Waals surface area (Å²) in [4.78, 5) is 18.1. The summed E-state index contributed by atoms with van der Waals surface area (Å²) < 4.78 is 0.997. The average molecular weight is 389 g/mol. The second-order valence-electron chi connectivity index (χ2n) is 5.21. The zero-order chi connectivity index (χ0) is 16.8. The molecule has 1 amide bonds. The highest BCUT2D eigenvalue weighted by Crippen LogP contribution is 2.28. The van der Waals surface area contributed by atoms with Crippen molar-refractivity contribution in [2.75, 3.05) is 14.1 Å². The van der Waals surface area contributed by atoms with E-state index in [9.17, 15) is 4.79 Å². The molecule has 0 fully saturated rings. The van der Waals surface area contributed by atoms with E-state index in [0.29, 0.717) is 5.56 Å². The van der Waals surface area contributed by atoms with E-state index in [4.69, 9.17) is 12.2 Å². The molecule has 1 atom stereocenters. The van der Waals surface area contributed by atoms with Gasteiger partial charge in [-0.05, 0) is 35.4 Å². The molecular formula is C18H17BrN2OS. The first-order valence-corrected chi connectivity index (χ1v) is 8.33. The molecule has 1 unspecified atom stereocenters. The fourth-order valence-corrected chi connectivity index (χ4v) is 2.72. The summed E-state index contributed by atoms with van der Waals surface area (Å²) in [6, 6.07) is 15.4. The summed E-state index contributed by atoms with van der Waals surface area (Å²) in [5.41, 5.74) is 2.72. The third-order valence-electron chi connectivity index (χ3n) is 3.34. The van der Waals surface area contributed by atoms with E-state index in [1.165, 1.54) is 5.37 Å². The molecule has 0 bridgehead atoms. The molecule has 5 heteroatoms. The molecule has 2 aromatic carbocycles. The molecule has 3 nitrogen and oxygen atoms in total. The monoisotopic (exact) mass is 388 g/mol. The summed E-state index contributed by atoms with van der Waals surface area (Å²) in [6.45, 7) is 0. The van der Waals surface area contributed by atoms with E-state index in [2.05, 4.69) is 20.9 Å². The Labute approximate surface area is 150 Å². The number of hydrogen-bond acceptors (Lipinski definition) is 3. The quantitative estimate of drug-likeness (QED) is 0.564. The largest absolute Gasteiger partial charge is 0.345 e. The van der Waals surface area contributed by atoms with E-state index in [-0.39, 0.29) is 11.9 Å². The smallest absolute Gasteiger partial charge is 0.253 e. The zero-order valence-electron chi connectivity index (χ0n) is 12.9. The number of nitrogens with zero attached hydrogens (tertiary/aromatic N) is 2. The van der Waals surface area contributed by atoms with Crippen LogP contribution in [0.15, 0.2) is 58.0 Å². The maximum atomic E-state index is 12.0. The third kappa shape index (κ3) is 4.56. The lowest BCUT2D eigenvalue weighted by Crippen LogP contribution is -2.21. The zero-order valence-corrected chi connectivity index (χ0v) is 15.3. The first-order valence-electron chi connectivity index (χ1n) is 7.07. The Morgan fingerprint density at radius 1 is 1.17 bits per heavy atom. The number of amides is 1. The Morgan fingerprint density at radius 3 is 2.43 bits per heavy atom. The molecule has 0 aliphatic carbocycles. The standard InChI is InChI=1S/C18H17BrN2OS/c1-21(2)18(22)14-8-6-13(7-9-14)17(20-10-11-23)15-4-3-5-16(19)12-15/h3-12,17H,1-2H3. The minimum atomic E-state index is -0.157. The summed E-state index contributed by atoms with van der Waals surface area (Å²) >= 11 is 8.33. The van der Waals surface area contributed by atoms with Crippen molar-refractivity contribution < 1.29 is 4.79 Å². The van der Waals surface area contributed by atoms with E-state index < -0.39 is 0 Å². The van der Waals surface area contributed by atoms with Crippen molar-refractivity contribution >= 4 is 45.6 Å². The second kappa shape index (κ2) is 8.13. The van der Waals surface area contributed by atoms with Crippen molar-refractivity contribution in [3.05, 3.63) is 69.7 Å². The Kier molecular flexibility index (Phi) is 6.19. The van der Waals surface area contributed by atoms with Crippen molar-refractivity contribution in [1.82, 2.24) is 4.90 Å². The second-order valence-corrected chi connectivity index (χ2v) is 6.40. The number of halogens is 1. The van der Waals surface area contributed by atoms with Crippen molar-refractivity contribution in [2.24, 2.45) is 4.99 Å². The number of benzene rings is 2. The number of aliphatic imine (C=N–C) groups is 1. The molecule has 0 N–H and O–H groups in total. The molecule has 0 heterocycles. The summed E-state index contributed by atoms with van der Waals surface area (Å²) in [7, 11) is 3.48. The average Bonchev–Trinajstić information content (AvgIpc) is 2.55. The third-order valence-corrected chi connectivity index (χ3v) is 3.95. The molecule has 118 valence electrons. The van der Waals surface area contributed by atoms with Gasteiger partial charge in [0.1, 0.15) is 0 Å². The van der Waals surface area contributed by atoms with E-state index in [1.54, 1.807) is 25.2 Å². The lowest BCUT2D eigenvalue weighted by molar-refractivity contribution is 0.0827. The minimum absolute atomic E-state index is 0.0158. The first-order chi connectivity index (χ1) is 11.0. The first kappa shape index (κ1) is 17.5. The van der Waals surface area contributed by atoms with E-state index >= 15 is 0 Å². The molecule has 0 saturated heterocycles. The van der Waals surface area contributed by atoms with Gasteiger partial charge in [-0.25, -0.2) is 0 Å². The van der Waals surface area contributed by atoms with Crippen LogP contribution in [-0.2, 0) is 0 Å². The van der Waals surface area contributed by atoms with Crippen molar-refractivity contribution in [3.8, 4) is 0 Å². The predicted octanol–water partition coefficient (Wildman–Crippen LogP) is 4.31. The number of carbonyl (C=O) groups is 1. The van der Waals surface area contributed by atoms with Crippen LogP contribution >= 0.6 is 28.1 Å². The topological polar surface area (TPSA) is 32.7 Å². The van der Waals surface area contributed by atoms with Crippen LogP contribution in [-0.4, -0.2) is 36.5 Å². The molecule has 0 aliphatic heterocycles. The number of hydrogen-bond donors (Lipinski definition) is 0. The van der Waals surface area contributed by atoms with Crippen LogP contribution in [0.25, 0.3) is 0 Å². The van der Waals surface area contributed by atoms with Gasteiger partial charge in [-0.3, -0.25) is 9.79 Å². The molecule has 2 rings (SSSR count). The normalized spacial score (nSPS) is 12.1. The summed E-state index contributed by atoms with van der Waals surface area (Å²) in [5.74, 6) is -0.0158. The molecular weight excluding hydrogens is 372 g/mol. The number of carbonyl (C=O) groups excluding carboxylic acids is 1. The fraction of sp³-hybridized carbons (Fsp3) is 0.167. The van der Waals surface area contributed by atoms with E-state index in [0.717, 1.165) is 15.6 Å². The summed E-state index contributed by atoms with van der Waals surface area (Å²) in [5, 5.41) is 1.49. The Hall–Kier alpha value is -1.85. The molecule has 2 aromatic rings. The number of rotatable bonds is 5.